The molecule has 0 aliphatic carbocycles. The molecule has 0 spiro atoms. The highest BCUT2D eigenvalue weighted by atomic mass is 35.5. The molecule has 3 nitrogen and oxygen atoms in total. The maximum Gasteiger partial charge on any atom is 0.341 e. The molecule has 110 valence electrons. The first kappa shape index (κ1) is 15.5. The van der Waals surface area contributed by atoms with Crippen molar-refractivity contribution in [3.63, 3.8) is 0 Å². The number of nitrogens with two attached hydrogens (primary N) is 1. The number of anilines is 1. The van der Waals surface area contributed by atoms with E-state index in [1.807, 2.05) is 0 Å². The highest BCUT2D eigenvalue weighted by Gasteiger charge is 2.17. The molecule has 2 aromatic carbocycles. The van der Waals surface area contributed by atoms with E-state index in [1.165, 1.54) is 12.1 Å². The van der Waals surface area contributed by atoms with Crippen LogP contribution in [0.15, 0.2) is 30.3 Å². The number of carbonyl (C=O) groups is 1. The number of benzene rings is 2. The fourth-order valence-corrected chi connectivity index (χ4v) is 1.96. The van der Waals surface area contributed by atoms with Crippen LogP contribution in [-0.2, 0) is 11.3 Å². The Bertz CT molecular complexity index is 708. The van der Waals surface area contributed by atoms with Crippen molar-refractivity contribution >= 4 is 34.9 Å². The number of hydrogen-bond donors (Lipinski definition) is 1. The Balaban J connectivity index is 2.15. The van der Waals surface area contributed by atoms with Gasteiger partial charge in [-0.3, -0.25) is 0 Å². The monoisotopic (exact) mass is 331 g/mol. The third-order valence-electron chi connectivity index (χ3n) is 2.67. The lowest BCUT2D eigenvalue weighted by Gasteiger charge is -2.08. The van der Waals surface area contributed by atoms with Crippen LogP contribution in [0, 0.1) is 11.6 Å². The van der Waals surface area contributed by atoms with E-state index in [-0.39, 0.29) is 12.3 Å². The quantitative estimate of drug-likeness (QED) is 0.677. The molecule has 2 rings (SSSR count). The molecule has 0 atom stereocenters. The number of esters is 1. The zero-order valence-electron chi connectivity index (χ0n) is 10.5. The standard InChI is InChI=1S/C14H9Cl2F2NO2/c15-8-1-2-10(16)7(3-8)6-21-14(20)9-4-12(18)13(19)5-11(9)17/h1-5H,6,19H2. The van der Waals surface area contributed by atoms with Crippen LogP contribution in [0.4, 0.5) is 14.5 Å². The lowest BCUT2D eigenvalue weighted by molar-refractivity contribution is 0.0467. The van der Waals surface area contributed by atoms with Gasteiger partial charge in [0.2, 0.25) is 0 Å². The molecular formula is C14H9Cl2F2NO2. The van der Waals surface area contributed by atoms with Crippen molar-refractivity contribution in [3.8, 4) is 0 Å². The summed E-state index contributed by atoms with van der Waals surface area (Å²) in [6.45, 7) is -0.219. The van der Waals surface area contributed by atoms with Gasteiger partial charge in [0.1, 0.15) is 18.2 Å². The van der Waals surface area contributed by atoms with Crippen LogP contribution in [0.3, 0.4) is 0 Å². The summed E-state index contributed by atoms with van der Waals surface area (Å²) in [6.07, 6.45) is 0. The number of carbonyl (C=O) groups excluding carboxylic acids is 1. The summed E-state index contributed by atoms with van der Waals surface area (Å²) in [5.74, 6) is -2.89. The Hall–Kier alpha value is -1.85. The maximum absolute atomic E-state index is 13.6. The molecule has 0 aliphatic heterocycles. The molecule has 0 aromatic heterocycles. The Labute approximate surface area is 129 Å². The van der Waals surface area contributed by atoms with E-state index in [2.05, 4.69) is 0 Å². The number of halogens is 4. The molecule has 0 bridgehead atoms. The van der Waals surface area contributed by atoms with E-state index in [0.29, 0.717) is 21.7 Å². The average molecular weight is 332 g/mol. The Morgan fingerprint density at radius 1 is 1.14 bits per heavy atom. The van der Waals surface area contributed by atoms with Gasteiger partial charge in [-0.1, -0.05) is 23.2 Å². The van der Waals surface area contributed by atoms with Crippen molar-refractivity contribution in [2.75, 3.05) is 5.73 Å². The van der Waals surface area contributed by atoms with Gasteiger partial charge in [0.15, 0.2) is 0 Å². The number of rotatable bonds is 3. The molecule has 0 heterocycles. The van der Waals surface area contributed by atoms with Crippen LogP contribution in [0.2, 0.25) is 10.0 Å². The predicted octanol–water partition coefficient (Wildman–Crippen LogP) is 4.21. The van der Waals surface area contributed by atoms with Crippen molar-refractivity contribution < 1.29 is 18.3 Å². The van der Waals surface area contributed by atoms with Crippen LogP contribution in [0.5, 0.6) is 0 Å². The van der Waals surface area contributed by atoms with Crippen molar-refractivity contribution in [2.45, 2.75) is 6.61 Å². The highest BCUT2D eigenvalue weighted by Crippen LogP contribution is 2.22. The third kappa shape index (κ3) is 3.62. The first-order valence-corrected chi connectivity index (χ1v) is 6.49. The molecule has 2 aromatic rings. The van der Waals surface area contributed by atoms with Crippen LogP contribution in [-0.4, -0.2) is 5.97 Å². The summed E-state index contributed by atoms with van der Waals surface area (Å²) in [4.78, 5) is 11.8. The fraction of sp³-hybridized carbons (Fsp3) is 0.0714. The lowest BCUT2D eigenvalue weighted by Crippen LogP contribution is -2.09. The molecule has 21 heavy (non-hydrogen) atoms. The molecule has 0 radical (unpaired) electrons. The summed E-state index contributed by atoms with van der Waals surface area (Å²) in [7, 11) is 0. The topological polar surface area (TPSA) is 52.3 Å². The van der Waals surface area contributed by atoms with Gasteiger partial charge in [0.25, 0.3) is 0 Å². The second-order valence-electron chi connectivity index (χ2n) is 4.17. The van der Waals surface area contributed by atoms with Gasteiger partial charge in [-0.2, -0.15) is 0 Å². The first-order chi connectivity index (χ1) is 9.88. The van der Waals surface area contributed by atoms with Gasteiger partial charge in [-0.05, 0) is 24.3 Å². The minimum absolute atomic E-state index is 0.219. The van der Waals surface area contributed by atoms with Gasteiger partial charge in [0, 0.05) is 21.7 Å². The van der Waals surface area contributed by atoms with Crippen LogP contribution in [0.1, 0.15) is 15.9 Å². The molecular weight excluding hydrogens is 323 g/mol. The van der Waals surface area contributed by atoms with Crippen molar-refractivity contribution in [1.29, 1.82) is 0 Å². The molecule has 0 saturated heterocycles. The van der Waals surface area contributed by atoms with E-state index < -0.39 is 23.2 Å². The summed E-state index contributed by atoms with van der Waals surface area (Å²) in [6, 6.07) is 6.03. The number of hydrogen-bond acceptors (Lipinski definition) is 3. The molecule has 0 aliphatic rings. The summed E-state index contributed by atoms with van der Waals surface area (Å²) in [5.41, 5.74) is 4.72. The largest absolute Gasteiger partial charge is 0.457 e. The van der Waals surface area contributed by atoms with Crippen LogP contribution >= 0.6 is 23.2 Å². The molecule has 7 heteroatoms. The fourth-order valence-electron chi connectivity index (χ4n) is 1.59. The van der Waals surface area contributed by atoms with Gasteiger partial charge >= 0.3 is 5.97 Å². The van der Waals surface area contributed by atoms with Gasteiger partial charge < -0.3 is 10.5 Å². The Morgan fingerprint density at radius 3 is 2.57 bits per heavy atom. The zero-order valence-corrected chi connectivity index (χ0v) is 12.0. The number of nitrogen functional groups attached to an aromatic ring is 1. The molecule has 2 N–H and O–H groups in total. The van der Waals surface area contributed by atoms with Gasteiger partial charge in [-0.15, -0.1) is 0 Å². The number of ether oxygens (including phenoxy) is 1. The highest BCUT2D eigenvalue weighted by molar-refractivity contribution is 6.33. The van der Waals surface area contributed by atoms with E-state index in [0.717, 1.165) is 6.07 Å². The minimum atomic E-state index is -1.03. The molecule has 0 unspecified atom stereocenters. The van der Waals surface area contributed by atoms with E-state index in [9.17, 15) is 13.6 Å². The second kappa shape index (κ2) is 6.28. The van der Waals surface area contributed by atoms with Crippen LogP contribution < -0.4 is 5.73 Å². The molecule has 0 amide bonds. The van der Waals surface area contributed by atoms with Gasteiger partial charge in [0.05, 0.1) is 11.3 Å². The average Bonchev–Trinajstić information content (AvgIpc) is 2.43. The predicted molar refractivity (Wildman–Crippen MR) is 76.4 cm³/mol. The summed E-state index contributed by atoms with van der Waals surface area (Å²) < 4.78 is 31.7. The van der Waals surface area contributed by atoms with E-state index in [1.54, 1.807) is 6.07 Å². The SMILES string of the molecule is Nc1cc(F)c(C(=O)OCc2cc(Cl)ccc2Cl)cc1F. The Morgan fingerprint density at radius 2 is 1.86 bits per heavy atom. The van der Waals surface area contributed by atoms with Crippen molar-refractivity contribution in [1.82, 2.24) is 0 Å². The smallest absolute Gasteiger partial charge is 0.341 e. The minimum Gasteiger partial charge on any atom is -0.457 e. The normalized spacial score (nSPS) is 10.5. The van der Waals surface area contributed by atoms with Crippen LogP contribution in [0.25, 0.3) is 0 Å². The van der Waals surface area contributed by atoms with Gasteiger partial charge in [-0.25, -0.2) is 13.6 Å². The first-order valence-electron chi connectivity index (χ1n) is 5.74. The maximum atomic E-state index is 13.6. The lowest BCUT2D eigenvalue weighted by atomic mass is 10.2. The van der Waals surface area contributed by atoms with E-state index >= 15 is 0 Å². The summed E-state index contributed by atoms with van der Waals surface area (Å²) in [5, 5.41) is 0.756. The molecule has 0 saturated carbocycles. The third-order valence-corrected chi connectivity index (χ3v) is 3.28. The zero-order chi connectivity index (χ0) is 15.6. The molecule has 0 fully saturated rings. The summed E-state index contributed by atoms with van der Waals surface area (Å²) >= 11 is 11.7. The van der Waals surface area contributed by atoms with Crippen molar-refractivity contribution in [3.05, 3.63) is 63.1 Å². The Kier molecular flexibility index (Phi) is 4.65. The second-order valence-corrected chi connectivity index (χ2v) is 5.01. The van der Waals surface area contributed by atoms with Crippen molar-refractivity contribution in [2.24, 2.45) is 0 Å². The van der Waals surface area contributed by atoms with E-state index in [4.69, 9.17) is 33.7 Å².